The number of allylic oxidation sites excluding steroid dienone is 2. The van der Waals surface area contributed by atoms with E-state index in [1.54, 1.807) is 0 Å². The SMILES string of the molecule is NC(=NCCCN1C(=O)C2C3C=CC(C3)C2C1=O)Nc1cccc2c1CCCC2. The van der Waals surface area contributed by atoms with Gasteiger partial charge in [-0.2, -0.15) is 0 Å². The second-order valence-corrected chi connectivity index (χ2v) is 8.72. The van der Waals surface area contributed by atoms with Crippen LogP contribution in [0.2, 0.25) is 0 Å². The summed E-state index contributed by atoms with van der Waals surface area (Å²) >= 11 is 0. The molecule has 4 aliphatic rings. The van der Waals surface area contributed by atoms with Crippen molar-refractivity contribution in [3.05, 3.63) is 41.5 Å². The Morgan fingerprint density at radius 1 is 1.10 bits per heavy atom. The van der Waals surface area contributed by atoms with Crippen molar-refractivity contribution in [2.45, 2.75) is 38.5 Å². The van der Waals surface area contributed by atoms with Gasteiger partial charge >= 0.3 is 0 Å². The van der Waals surface area contributed by atoms with Gasteiger partial charge in [0.2, 0.25) is 11.8 Å². The number of fused-ring (bicyclic) bond motifs is 6. The summed E-state index contributed by atoms with van der Waals surface area (Å²) in [5, 5.41) is 3.24. The number of imide groups is 1. The van der Waals surface area contributed by atoms with Crippen molar-refractivity contribution in [2.24, 2.45) is 34.4 Å². The van der Waals surface area contributed by atoms with Crippen LogP contribution in [0.4, 0.5) is 5.69 Å². The summed E-state index contributed by atoms with van der Waals surface area (Å²) in [4.78, 5) is 31.3. The van der Waals surface area contributed by atoms with Crippen LogP contribution in [0.25, 0.3) is 0 Å². The maximum Gasteiger partial charge on any atom is 0.233 e. The molecular weight excluding hydrogens is 364 g/mol. The third-order valence-electron chi connectivity index (χ3n) is 7.04. The molecule has 0 spiro atoms. The molecule has 4 atom stereocenters. The number of nitrogens with one attached hydrogen (secondary N) is 1. The predicted molar refractivity (Wildman–Crippen MR) is 112 cm³/mol. The van der Waals surface area contributed by atoms with Crippen LogP contribution in [-0.2, 0) is 22.4 Å². The minimum atomic E-state index is -0.114. The molecule has 6 heteroatoms. The van der Waals surface area contributed by atoms with Gasteiger partial charge in [-0.3, -0.25) is 19.5 Å². The number of anilines is 1. The number of benzene rings is 1. The lowest BCUT2D eigenvalue weighted by Crippen LogP contribution is -2.34. The zero-order chi connectivity index (χ0) is 20.0. The molecule has 2 bridgehead atoms. The van der Waals surface area contributed by atoms with Crippen LogP contribution in [0.1, 0.15) is 36.8 Å². The van der Waals surface area contributed by atoms with Gasteiger partial charge in [-0.05, 0) is 67.6 Å². The van der Waals surface area contributed by atoms with Gasteiger partial charge in [0.1, 0.15) is 0 Å². The van der Waals surface area contributed by atoms with Gasteiger partial charge in [0.05, 0.1) is 11.8 Å². The number of aliphatic imine (C=N–C) groups is 1. The fraction of sp³-hybridized carbons (Fsp3) is 0.522. The molecule has 1 aliphatic heterocycles. The quantitative estimate of drug-likeness (QED) is 0.265. The first-order valence-electron chi connectivity index (χ1n) is 10.8. The van der Waals surface area contributed by atoms with Gasteiger partial charge in [-0.15, -0.1) is 0 Å². The number of guanidine groups is 1. The van der Waals surface area contributed by atoms with Gasteiger partial charge in [0.25, 0.3) is 0 Å². The number of rotatable bonds is 5. The smallest absolute Gasteiger partial charge is 0.233 e. The Kier molecular flexibility index (Phi) is 4.64. The van der Waals surface area contributed by atoms with E-state index in [2.05, 4.69) is 40.7 Å². The number of carbonyl (C=O) groups is 2. The highest BCUT2D eigenvalue weighted by molar-refractivity contribution is 6.06. The summed E-state index contributed by atoms with van der Waals surface area (Å²) in [5.74, 6) is 0.726. The van der Waals surface area contributed by atoms with Gasteiger partial charge in [0.15, 0.2) is 5.96 Å². The average molecular weight is 393 g/mol. The molecule has 6 nitrogen and oxygen atoms in total. The van der Waals surface area contributed by atoms with Crippen LogP contribution < -0.4 is 11.1 Å². The lowest BCUT2D eigenvalue weighted by molar-refractivity contribution is -0.140. The zero-order valence-electron chi connectivity index (χ0n) is 16.6. The summed E-state index contributed by atoms with van der Waals surface area (Å²) < 4.78 is 0. The van der Waals surface area contributed by atoms with Crippen LogP contribution in [-0.4, -0.2) is 35.8 Å². The Bertz CT molecular complexity index is 876. The highest BCUT2D eigenvalue weighted by atomic mass is 16.2. The van der Waals surface area contributed by atoms with Gasteiger partial charge in [0, 0.05) is 18.8 Å². The summed E-state index contributed by atoms with van der Waals surface area (Å²) in [6.45, 7) is 0.924. The largest absolute Gasteiger partial charge is 0.370 e. The van der Waals surface area contributed by atoms with Crippen LogP contribution in [0.15, 0.2) is 35.3 Å². The summed E-state index contributed by atoms with van der Waals surface area (Å²) in [7, 11) is 0. The van der Waals surface area contributed by atoms with E-state index in [1.165, 1.54) is 28.9 Å². The van der Waals surface area contributed by atoms with Crippen LogP contribution in [0.3, 0.4) is 0 Å². The third-order valence-corrected chi connectivity index (χ3v) is 7.04. The molecule has 5 rings (SSSR count). The van der Waals surface area contributed by atoms with E-state index in [4.69, 9.17) is 5.73 Å². The van der Waals surface area contributed by atoms with Crippen LogP contribution in [0.5, 0.6) is 0 Å². The Balaban J connectivity index is 1.15. The van der Waals surface area contributed by atoms with Gasteiger partial charge < -0.3 is 11.1 Å². The van der Waals surface area contributed by atoms with Crippen LogP contribution in [0, 0.1) is 23.7 Å². The van der Waals surface area contributed by atoms with E-state index < -0.39 is 0 Å². The number of nitrogens with two attached hydrogens (primary N) is 1. The number of nitrogens with zero attached hydrogens (tertiary/aromatic N) is 2. The molecule has 3 aliphatic carbocycles. The molecule has 1 saturated heterocycles. The van der Waals surface area contributed by atoms with E-state index in [-0.39, 0.29) is 35.5 Å². The van der Waals surface area contributed by atoms with Crippen molar-refractivity contribution in [2.75, 3.05) is 18.4 Å². The summed E-state index contributed by atoms with van der Waals surface area (Å²) in [6, 6.07) is 6.30. The lowest BCUT2D eigenvalue weighted by Gasteiger charge is -2.20. The summed E-state index contributed by atoms with van der Waals surface area (Å²) in [6.07, 6.45) is 10.5. The number of hydrogen-bond donors (Lipinski definition) is 2. The number of amides is 2. The Hall–Kier alpha value is -2.63. The van der Waals surface area contributed by atoms with Crippen molar-refractivity contribution in [1.82, 2.24) is 4.90 Å². The van der Waals surface area contributed by atoms with E-state index in [1.807, 2.05) is 0 Å². The standard InChI is InChI=1S/C23H28N4O2/c24-23(26-18-8-3-6-14-5-1-2-7-17(14)18)25-11-4-12-27-21(28)19-15-9-10-16(13-15)20(19)22(27)29/h3,6,8-10,15-16,19-20H,1-2,4-5,7,11-13H2,(H3,24,25,26). The molecule has 1 aromatic rings. The second kappa shape index (κ2) is 7.32. The Morgan fingerprint density at radius 2 is 1.83 bits per heavy atom. The minimum absolute atomic E-state index is 0.0165. The minimum Gasteiger partial charge on any atom is -0.370 e. The number of hydrogen-bond acceptors (Lipinski definition) is 3. The fourth-order valence-electron chi connectivity index (χ4n) is 5.69. The molecular formula is C23H28N4O2. The molecule has 1 saturated carbocycles. The van der Waals surface area contributed by atoms with Gasteiger partial charge in [-0.25, -0.2) is 0 Å². The molecule has 152 valence electrons. The van der Waals surface area contributed by atoms with Crippen molar-refractivity contribution < 1.29 is 9.59 Å². The van der Waals surface area contributed by atoms with E-state index in [9.17, 15) is 9.59 Å². The van der Waals surface area contributed by atoms with Crippen molar-refractivity contribution in [3.8, 4) is 0 Å². The molecule has 1 aromatic carbocycles. The second-order valence-electron chi connectivity index (χ2n) is 8.72. The Labute approximate surface area is 171 Å². The van der Waals surface area contributed by atoms with Crippen molar-refractivity contribution >= 4 is 23.5 Å². The van der Waals surface area contributed by atoms with Gasteiger partial charge in [-0.1, -0.05) is 24.3 Å². The number of aryl methyl sites for hydroxylation is 1. The molecule has 0 radical (unpaired) electrons. The molecule has 0 aromatic heterocycles. The average Bonchev–Trinajstić information content (AvgIpc) is 3.41. The Morgan fingerprint density at radius 3 is 2.59 bits per heavy atom. The maximum absolute atomic E-state index is 12.7. The fourth-order valence-corrected chi connectivity index (χ4v) is 5.69. The van der Waals surface area contributed by atoms with E-state index >= 15 is 0 Å². The molecule has 3 N–H and O–H groups in total. The van der Waals surface area contributed by atoms with Crippen LogP contribution >= 0.6 is 0 Å². The molecule has 2 fully saturated rings. The molecule has 29 heavy (non-hydrogen) atoms. The lowest BCUT2D eigenvalue weighted by atomic mass is 9.85. The summed E-state index contributed by atoms with van der Waals surface area (Å²) in [5.41, 5.74) is 9.88. The topological polar surface area (TPSA) is 87.8 Å². The van der Waals surface area contributed by atoms with E-state index in [0.29, 0.717) is 25.5 Å². The monoisotopic (exact) mass is 392 g/mol. The first-order chi connectivity index (χ1) is 14.1. The number of carbonyl (C=O) groups excluding carboxylic acids is 2. The normalized spacial score (nSPS) is 30.1. The predicted octanol–water partition coefficient (Wildman–Crippen LogP) is 2.49. The first kappa shape index (κ1) is 18.4. The van der Waals surface area contributed by atoms with E-state index in [0.717, 1.165) is 24.9 Å². The zero-order valence-corrected chi connectivity index (χ0v) is 16.6. The molecule has 2 amide bonds. The number of likely N-dealkylation sites (tertiary alicyclic amines) is 1. The molecule has 1 heterocycles. The van der Waals surface area contributed by atoms with Crippen molar-refractivity contribution in [3.63, 3.8) is 0 Å². The molecule has 4 unspecified atom stereocenters. The highest BCUT2D eigenvalue weighted by Gasteiger charge is 2.58. The highest BCUT2D eigenvalue weighted by Crippen LogP contribution is 2.52. The maximum atomic E-state index is 12.7. The third kappa shape index (κ3) is 3.15. The van der Waals surface area contributed by atoms with Crippen molar-refractivity contribution in [1.29, 1.82) is 0 Å². The first-order valence-corrected chi connectivity index (χ1v) is 10.8.